The third kappa shape index (κ3) is 2.14. The number of hydrogen-bond donors (Lipinski definition) is 3. The molecule has 1 fully saturated rings. The molecule has 0 saturated carbocycles. The van der Waals surface area contributed by atoms with Crippen molar-refractivity contribution in [3.05, 3.63) is 17.5 Å². The highest BCUT2D eigenvalue weighted by atomic mass is 32.2. The van der Waals surface area contributed by atoms with E-state index in [0.29, 0.717) is 13.2 Å². The standard InChI is InChI=1S/C10H14N2O5S/c1-6-7(3-11-8(6)9(13)14)18(15,16)12-10(2)4-17-5-10/h3,11-12H,4-5H2,1-2H3,(H,13,14). The van der Waals surface area contributed by atoms with Gasteiger partial charge in [-0.05, 0) is 13.8 Å². The van der Waals surface area contributed by atoms with Crippen molar-refractivity contribution in [3.8, 4) is 0 Å². The fraction of sp³-hybridized carbons (Fsp3) is 0.500. The van der Waals surface area contributed by atoms with Gasteiger partial charge in [0.1, 0.15) is 10.6 Å². The Kier molecular flexibility index (Phi) is 2.96. The highest BCUT2D eigenvalue weighted by Gasteiger charge is 2.38. The van der Waals surface area contributed by atoms with Crippen LogP contribution in [-0.2, 0) is 14.8 Å². The summed E-state index contributed by atoms with van der Waals surface area (Å²) in [6.07, 6.45) is 1.18. The lowest BCUT2D eigenvalue weighted by Crippen LogP contribution is -2.59. The first kappa shape index (κ1) is 13.1. The van der Waals surface area contributed by atoms with E-state index in [0.717, 1.165) is 0 Å². The molecule has 100 valence electrons. The Morgan fingerprint density at radius 1 is 1.56 bits per heavy atom. The van der Waals surface area contributed by atoms with Crippen molar-refractivity contribution in [1.29, 1.82) is 0 Å². The molecule has 1 saturated heterocycles. The van der Waals surface area contributed by atoms with Gasteiger partial charge in [0.25, 0.3) is 0 Å². The van der Waals surface area contributed by atoms with Crippen molar-refractivity contribution >= 4 is 16.0 Å². The van der Waals surface area contributed by atoms with Crippen LogP contribution < -0.4 is 4.72 Å². The smallest absolute Gasteiger partial charge is 0.352 e. The van der Waals surface area contributed by atoms with Crippen molar-refractivity contribution in [2.45, 2.75) is 24.3 Å². The molecule has 18 heavy (non-hydrogen) atoms. The molecule has 0 spiro atoms. The molecule has 0 unspecified atom stereocenters. The number of carboxylic acid groups (broad SMARTS) is 1. The van der Waals surface area contributed by atoms with Crippen LogP contribution in [0.3, 0.4) is 0 Å². The predicted octanol–water partition coefficient (Wildman–Crippen LogP) is 0.0885. The van der Waals surface area contributed by atoms with Crippen molar-refractivity contribution in [2.24, 2.45) is 0 Å². The highest BCUT2D eigenvalue weighted by Crippen LogP contribution is 2.23. The van der Waals surface area contributed by atoms with Gasteiger partial charge < -0.3 is 14.8 Å². The number of rotatable bonds is 4. The van der Waals surface area contributed by atoms with E-state index in [1.54, 1.807) is 6.92 Å². The number of sulfonamides is 1. The summed E-state index contributed by atoms with van der Waals surface area (Å²) in [4.78, 5) is 13.3. The summed E-state index contributed by atoms with van der Waals surface area (Å²) in [5.41, 5.74) is -0.546. The number of aromatic amines is 1. The summed E-state index contributed by atoms with van der Waals surface area (Å²) in [6.45, 7) is 3.80. The lowest BCUT2D eigenvalue weighted by molar-refractivity contribution is -0.0523. The van der Waals surface area contributed by atoms with Gasteiger partial charge in [0, 0.05) is 11.8 Å². The van der Waals surface area contributed by atoms with Crippen LogP contribution in [0.2, 0.25) is 0 Å². The minimum atomic E-state index is -3.75. The van der Waals surface area contributed by atoms with Crippen LogP contribution in [0.25, 0.3) is 0 Å². The number of nitrogens with one attached hydrogen (secondary N) is 2. The van der Waals surface area contributed by atoms with Gasteiger partial charge in [-0.2, -0.15) is 0 Å². The lowest BCUT2D eigenvalue weighted by Gasteiger charge is -2.38. The molecular weight excluding hydrogens is 260 g/mol. The average Bonchev–Trinajstić information content (AvgIpc) is 2.57. The van der Waals surface area contributed by atoms with E-state index in [2.05, 4.69) is 9.71 Å². The van der Waals surface area contributed by atoms with Gasteiger partial charge in [-0.15, -0.1) is 0 Å². The van der Waals surface area contributed by atoms with Crippen LogP contribution >= 0.6 is 0 Å². The van der Waals surface area contributed by atoms with E-state index in [1.807, 2.05) is 0 Å². The van der Waals surface area contributed by atoms with Gasteiger partial charge in [-0.25, -0.2) is 17.9 Å². The Bertz CT molecular complexity index is 585. The van der Waals surface area contributed by atoms with Gasteiger partial charge in [0.2, 0.25) is 10.0 Å². The molecule has 1 aromatic rings. The normalized spacial score (nSPS) is 18.3. The van der Waals surface area contributed by atoms with Gasteiger partial charge in [0.05, 0.1) is 18.8 Å². The Hall–Kier alpha value is -1.38. The van der Waals surface area contributed by atoms with Crippen LogP contribution in [0.15, 0.2) is 11.1 Å². The fourth-order valence-electron chi connectivity index (χ4n) is 1.83. The van der Waals surface area contributed by atoms with E-state index < -0.39 is 21.5 Å². The lowest BCUT2D eigenvalue weighted by atomic mass is 10.0. The molecule has 0 atom stereocenters. The molecule has 0 aliphatic carbocycles. The zero-order valence-electron chi connectivity index (χ0n) is 9.98. The van der Waals surface area contributed by atoms with Crippen molar-refractivity contribution in [2.75, 3.05) is 13.2 Å². The van der Waals surface area contributed by atoms with E-state index in [4.69, 9.17) is 9.84 Å². The van der Waals surface area contributed by atoms with E-state index in [9.17, 15) is 13.2 Å². The summed E-state index contributed by atoms with van der Waals surface area (Å²) in [7, 11) is -3.75. The number of carboxylic acids is 1. The fourth-order valence-corrected chi connectivity index (χ4v) is 3.42. The maximum absolute atomic E-state index is 12.1. The number of ether oxygens (including phenoxy) is 1. The summed E-state index contributed by atoms with van der Waals surface area (Å²) in [5.74, 6) is -1.19. The maximum atomic E-state index is 12.1. The molecule has 3 N–H and O–H groups in total. The topological polar surface area (TPSA) is 108 Å². The minimum absolute atomic E-state index is 0.0481. The molecule has 0 aromatic carbocycles. The minimum Gasteiger partial charge on any atom is -0.477 e. The Labute approximate surface area is 104 Å². The van der Waals surface area contributed by atoms with E-state index in [-0.39, 0.29) is 16.2 Å². The molecule has 0 amide bonds. The second kappa shape index (κ2) is 4.08. The van der Waals surface area contributed by atoms with Crippen LogP contribution in [-0.4, -0.2) is 43.2 Å². The summed E-state index contributed by atoms with van der Waals surface area (Å²) in [6, 6.07) is 0. The van der Waals surface area contributed by atoms with Gasteiger partial charge in [0.15, 0.2) is 0 Å². The van der Waals surface area contributed by atoms with Gasteiger partial charge >= 0.3 is 5.97 Å². The van der Waals surface area contributed by atoms with Crippen molar-refractivity contribution in [3.63, 3.8) is 0 Å². The van der Waals surface area contributed by atoms with Gasteiger partial charge in [-0.1, -0.05) is 0 Å². The summed E-state index contributed by atoms with van der Waals surface area (Å²) < 4.78 is 31.7. The Morgan fingerprint density at radius 3 is 2.56 bits per heavy atom. The number of H-pyrrole nitrogens is 1. The van der Waals surface area contributed by atoms with E-state index in [1.165, 1.54) is 13.1 Å². The predicted molar refractivity (Wildman–Crippen MR) is 62.0 cm³/mol. The highest BCUT2D eigenvalue weighted by molar-refractivity contribution is 7.89. The molecule has 7 nitrogen and oxygen atoms in total. The maximum Gasteiger partial charge on any atom is 0.352 e. The third-order valence-electron chi connectivity index (χ3n) is 2.82. The van der Waals surface area contributed by atoms with Crippen LogP contribution in [0.1, 0.15) is 23.0 Å². The molecule has 1 aliphatic rings. The SMILES string of the molecule is Cc1c(S(=O)(=O)NC2(C)COC2)c[nH]c1C(=O)O. The zero-order valence-corrected chi connectivity index (χ0v) is 10.8. The second-order valence-electron chi connectivity index (χ2n) is 4.62. The molecule has 0 bridgehead atoms. The van der Waals surface area contributed by atoms with Crippen LogP contribution in [0.5, 0.6) is 0 Å². The quantitative estimate of drug-likeness (QED) is 0.721. The second-order valence-corrected chi connectivity index (χ2v) is 6.27. The van der Waals surface area contributed by atoms with Crippen molar-refractivity contribution < 1.29 is 23.1 Å². The van der Waals surface area contributed by atoms with Crippen LogP contribution in [0.4, 0.5) is 0 Å². The molecule has 1 aliphatic heterocycles. The first-order valence-corrected chi connectivity index (χ1v) is 6.76. The summed E-state index contributed by atoms with van der Waals surface area (Å²) >= 11 is 0. The zero-order chi connectivity index (χ0) is 13.6. The molecule has 0 radical (unpaired) electrons. The monoisotopic (exact) mass is 274 g/mol. The van der Waals surface area contributed by atoms with Gasteiger partial charge in [-0.3, -0.25) is 0 Å². The first-order chi connectivity index (χ1) is 8.25. The summed E-state index contributed by atoms with van der Waals surface area (Å²) in [5, 5.41) is 8.87. The number of aromatic carboxylic acids is 1. The van der Waals surface area contributed by atoms with E-state index >= 15 is 0 Å². The molecule has 1 aromatic heterocycles. The largest absolute Gasteiger partial charge is 0.477 e. The third-order valence-corrected chi connectivity index (χ3v) is 4.58. The first-order valence-electron chi connectivity index (χ1n) is 5.28. The Morgan fingerprint density at radius 2 is 2.17 bits per heavy atom. The van der Waals surface area contributed by atoms with Crippen LogP contribution in [0, 0.1) is 6.92 Å². The average molecular weight is 274 g/mol. The molecule has 2 rings (SSSR count). The number of aromatic nitrogens is 1. The molecule has 8 heteroatoms. The number of hydrogen-bond acceptors (Lipinski definition) is 4. The van der Waals surface area contributed by atoms with Crippen molar-refractivity contribution in [1.82, 2.24) is 9.71 Å². The number of carbonyl (C=O) groups is 1. The molecule has 2 heterocycles. The molecular formula is C10H14N2O5S. The Balaban J connectivity index is 2.33.